The van der Waals surface area contributed by atoms with Gasteiger partial charge < -0.3 is 0 Å². The fourth-order valence-corrected chi connectivity index (χ4v) is 0.861. The van der Waals surface area contributed by atoms with Crippen molar-refractivity contribution in [3.8, 4) is 6.19 Å². The van der Waals surface area contributed by atoms with Gasteiger partial charge in [-0.25, -0.2) is 9.29 Å². The first kappa shape index (κ1) is 9.20. The summed E-state index contributed by atoms with van der Waals surface area (Å²) in [5.74, 6) is -1.00. The minimum absolute atomic E-state index is 0.170. The summed E-state index contributed by atoms with van der Waals surface area (Å²) in [6, 6.07) is 5.21. The summed E-state index contributed by atoms with van der Waals surface area (Å²) >= 11 is 0. The minimum atomic E-state index is -0.512. The van der Waals surface area contributed by atoms with Crippen LogP contribution in [-0.4, -0.2) is 17.9 Å². The van der Waals surface area contributed by atoms with Gasteiger partial charge in [0, 0.05) is 12.6 Å². The van der Waals surface area contributed by atoms with Crippen LogP contribution in [0.3, 0.4) is 0 Å². The predicted molar refractivity (Wildman–Crippen MR) is 44.1 cm³/mol. The number of benzene rings is 1. The van der Waals surface area contributed by atoms with E-state index in [2.05, 4.69) is 0 Å². The fourth-order valence-electron chi connectivity index (χ4n) is 0.861. The zero-order valence-electron chi connectivity index (χ0n) is 6.99. The SMILES string of the molecule is CN(C#N)C(=O)c1cccc(F)c1. The van der Waals surface area contributed by atoms with Crippen LogP contribution < -0.4 is 0 Å². The molecule has 1 aromatic rings. The first-order valence-electron chi connectivity index (χ1n) is 3.58. The highest BCUT2D eigenvalue weighted by atomic mass is 19.1. The van der Waals surface area contributed by atoms with Crippen molar-refractivity contribution < 1.29 is 9.18 Å². The van der Waals surface area contributed by atoms with Crippen LogP contribution in [0.1, 0.15) is 10.4 Å². The monoisotopic (exact) mass is 178 g/mol. The average molecular weight is 178 g/mol. The second-order valence-corrected chi connectivity index (χ2v) is 2.47. The summed E-state index contributed by atoms with van der Waals surface area (Å²) in [5.41, 5.74) is 0.170. The Bertz CT molecular complexity index is 370. The summed E-state index contributed by atoms with van der Waals surface area (Å²) in [6.45, 7) is 0. The molecule has 66 valence electrons. The largest absolute Gasteiger partial charge is 0.268 e. The first-order valence-corrected chi connectivity index (χ1v) is 3.58. The molecule has 0 aliphatic rings. The topological polar surface area (TPSA) is 44.1 Å². The molecular weight excluding hydrogens is 171 g/mol. The van der Waals surface area contributed by atoms with Gasteiger partial charge in [-0.05, 0) is 18.2 Å². The zero-order chi connectivity index (χ0) is 9.84. The second-order valence-electron chi connectivity index (χ2n) is 2.47. The smallest absolute Gasteiger partial charge is 0.266 e. The van der Waals surface area contributed by atoms with Crippen LogP contribution >= 0.6 is 0 Å². The number of halogens is 1. The first-order chi connectivity index (χ1) is 6.15. The van der Waals surface area contributed by atoms with Gasteiger partial charge in [0.25, 0.3) is 5.91 Å². The van der Waals surface area contributed by atoms with Gasteiger partial charge in [0.1, 0.15) is 5.82 Å². The normalized spacial score (nSPS) is 9.00. The number of carbonyl (C=O) groups excluding carboxylic acids is 1. The molecule has 0 unspecified atom stereocenters. The lowest BCUT2D eigenvalue weighted by molar-refractivity contribution is 0.0858. The summed E-state index contributed by atoms with van der Waals surface area (Å²) < 4.78 is 12.6. The molecule has 0 heterocycles. The third-order valence-electron chi connectivity index (χ3n) is 1.53. The van der Waals surface area contributed by atoms with Gasteiger partial charge in [-0.2, -0.15) is 5.26 Å². The molecule has 0 aliphatic carbocycles. The number of hydrogen-bond acceptors (Lipinski definition) is 2. The Labute approximate surface area is 75.0 Å². The zero-order valence-corrected chi connectivity index (χ0v) is 6.99. The molecule has 0 atom stereocenters. The van der Waals surface area contributed by atoms with Crippen LogP contribution in [0.2, 0.25) is 0 Å². The lowest BCUT2D eigenvalue weighted by Crippen LogP contribution is -2.21. The highest BCUT2D eigenvalue weighted by Crippen LogP contribution is 2.05. The van der Waals surface area contributed by atoms with Gasteiger partial charge in [0.2, 0.25) is 0 Å². The van der Waals surface area contributed by atoms with Gasteiger partial charge in [0.05, 0.1) is 0 Å². The molecule has 0 radical (unpaired) electrons. The van der Waals surface area contributed by atoms with Gasteiger partial charge in [-0.15, -0.1) is 0 Å². The fraction of sp³-hybridized carbons (Fsp3) is 0.111. The molecular formula is C9H7FN2O. The van der Waals surface area contributed by atoms with E-state index in [1.54, 1.807) is 6.19 Å². The molecule has 0 aromatic heterocycles. The maximum atomic E-state index is 12.6. The highest BCUT2D eigenvalue weighted by Gasteiger charge is 2.10. The molecule has 0 spiro atoms. The van der Waals surface area contributed by atoms with E-state index in [0.29, 0.717) is 0 Å². The van der Waals surface area contributed by atoms with Gasteiger partial charge in [-0.3, -0.25) is 4.79 Å². The highest BCUT2D eigenvalue weighted by molar-refractivity contribution is 5.94. The number of nitrogens with zero attached hydrogens (tertiary/aromatic N) is 2. The predicted octanol–water partition coefficient (Wildman–Crippen LogP) is 1.38. The van der Waals surface area contributed by atoms with Gasteiger partial charge in [0.15, 0.2) is 6.19 Å². The lowest BCUT2D eigenvalue weighted by Gasteiger charge is -2.05. The van der Waals surface area contributed by atoms with E-state index in [1.165, 1.54) is 25.2 Å². The van der Waals surface area contributed by atoms with Crippen LogP contribution in [0, 0.1) is 17.3 Å². The van der Waals surface area contributed by atoms with Crippen molar-refractivity contribution in [1.82, 2.24) is 4.90 Å². The Morgan fingerprint density at radius 2 is 2.31 bits per heavy atom. The molecule has 0 saturated carbocycles. The standard InChI is InChI=1S/C9H7FN2O/c1-12(6-11)9(13)7-3-2-4-8(10)5-7/h2-5H,1H3. The van der Waals surface area contributed by atoms with Crippen molar-refractivity contribution in [3.05, 3.63) is 35.6 Å². The van der Waals surface area contributed by atoms with E-state index in [0.717, 1.165) is 11.0 Å². The molecule has 13 heavy (non-hydrogen) atoms. The van der Waals surface area contributed by atoms with Crippen molar-refractivity contribution >= 4 is 5.91 Å². The van der Waals surface area contributed by atoms with E-state index >= 15 is 0 Å². The van der Waals surface area contributed by atoms with E-state index in [4.69, 9.17) is 5.26 Å². The van der Waals surface area contributed by atoms with E-state index in [9.17, 15) is 9.18 Å². The number of rotatable bonds is 1. The Balaban J connectivity index is 2.97. The van der Waals surface area contributed by atoms with Crippen molar-refractivity contribution in [1.29, 1.82) is 5.26 Å². The molecule has 0 saturated heterocycles. The summed E-state index contributed by atoms with van der Waals surface area (Å²) in [6.07, 6.45) is 1.64. The molecule has 0 fully saturated rings. The Kier molecular flexibility index (Phi) is 2.60. The maximum Gasteiger partial charge on any atom is 0.266 e. The second kappa shape index (κ2) is 3.68. The molecule has 0 aliphatic heterocycles. The molecule has 1 aromatic carbocycles. The molecule has 1 amide bonds. The van der Waals surface area contributed by atoms with E-state index < -0.39 is 11.7 Å². The average Bonchev–Trinajstić information content (AvgIpc) is 2.15. The number of amides is 1. The number of carbonyl (C=O) groups is 1. The number of nitriles is 1. The Morgan fingerprint density at radius 3 is 2.85 bits per heavy atom. The summed E-state index contributed by atoms with van der Waals surface area (Å²) in [7, 11) is 1.33. The third-order valence-corrected chi connectivity index (χ3v) is 1.53. The third kappa shape index (κ3) is 2.03. The minimum Gasteiger partial charge on any atom is -0.268 e. The van der Waals surface area contributed by atoms with Crippen LogP contribution in [0.25, 0.3) is 0 Å². The Morgan fingerprint density at radius 1 is 1.62 bits per heavy atom. The van der Waals surface area contributed by atoms with Gasteiger partial charge >= 0.3 is 0 Å². The molecule has 1 rings (SSSR count). The van der Waals surface area contributed by atoms with Crippen molar-refractivity contribution in [3.63, 3.8) is 0 Å². The van der Waals surface area contributed by atoms with E-state index in [-0.39, 0.29) is 5.56 Å². The van der Waals surface area contributed by atoms with Crippen molar-refractivity contribution in [2.45, 2.75) is 0 Å². The molecule has 4 heteroatoms. The summed E-state index contributed by atoms with van der Waals surface area (Å²) in [5, 5.41) is 8.40. The lowest BCUT2D eigenvalue weighted by atomic mass is 10.2. The van der Waals surface area contributed by atoms with Crippen molar-refractivity contribution in [2.75, 3.05) is 7.05 Å². The molecule has 3 nitrogen and oxygen atoms in total. The molecule has 0 N–H and O–H groups in total. The number of hydrogen-bond donors (Lipinski definition) is 0. The van der Waals surface area contributed by atoms with Crippen LogP contribution in [-0.2, 0) is 0 Å². The molecule has 0 bridgehead atoms. The van der Waals surface area contributed by atoms with Gasteiger partial charge in [-0.1, -0.05) is 6.07 Å². The Hall–Kier alpha value is -1.89. The quantitative estimate of drug-likeness (QED) is 0.481. The van der Waals surface area contributed by atoms with Crippen LogP contribution in [0.4, 0.5) is 4.39 Å². The van der Waals surface area contributed by atoms with E-state index in [1.807, 2.05) is 0 Å². The van der Waals surface area contributed by atoms with Crippen LogP contribution in [0.5, 0.6) is 0 Å². The van der Waals surface area contributed by atoms with Crippen molar-refractivity contribution in [2.24, 2.45) is 0 Å². The summed E-state index contributed by atoms with van der Waals surface area (Å²) in [4.78, 5) is 12.1. The van der Waals surface area contributed by atoms with Crippen LogP contribution in [0.15, 0.2) is 24.3 Å². The maximum absolute atomic E-state index is 12.6.